The number of nitrogens with zero attached hydrogens (tertiary/aromatic N) is 12. The van der Waals surface area contributed by atoms with Crippen LogP contribution in [0.5, 0.6) is 0 Å². The number of aromatic nitrogens is 9. The van der Waals surface area contributed by atoms with Crippen LogP contribution in [0.2, 0.25) is 0 Å². The molecular weight excluding hydrogens is 831 g/mol. The second-order valence-corrected chi connectivity index (χ2v) is 15.9. The Hall–Kier alpha value is -7.95. The van der Waals surface area contributed by atoms with Crippen molar-refractivity contribution >= 4 is 52.0 Å². The number of nitrogens with one attached hydrogen (secondary N) is 1. The van der Waals surface area contributed by atoms with Gasteiger partial charge in [0.2, 0.25) is 0 Å². The molecule has 0 unspecified atom stereocenters. The number of H-pyrrole nitrogens is 1. The molecule has 16 heteroatoms. The van der Waals surface area contributed by atoms with E-state index in [-0.39, 0.29) is 5.78 Å². The molecule has 0 radical (unpaired) electrons. The van der Waals surface area contributed by atoms with Gasteiger partial charge in [-0.25, -0.2) is 9.97 Å². The molecule has 2 aromatic carbocycles. The molecule has 2 fully saturated rings. The largest absolute Gasteiger partial charge is 0.378 e. The van der Waals surface area contributed by atoms with E-state index in [1.54, 1.807) is 37.9 Å². The van der Waals surface area contributed by atoms with Crippen LogP contribution in [0.15, 0.2) is 138 Å². The van der Waals surface area contributed by atoms with Gasteiger partial charge in [-0.05, 0) is 55.0 Å². The van der Waals surface area contributed by atoms with E-state index in [0.717, 1.165) is 99.8 Å². The number of ketones is 1. The van der Waals surface area contributed by atoms with Crippen LogP contribution in [-0.4, -0.2) is 115 Å². The van der Waals surface area contributed by atoms with Gasteiger partial charge >= 0.3 is 0 Å². The number of ether oxygens (including phenoxy) is 2. The van der Waals surface area contributed by atoms with Gasteiger partial charge in [-0.2, -0.15) is 19.2 Å². The van der Waals surface area contributed by atoms with Crippen molar-refractivity contribution in [2.45, 2.75) is 20.0 Å². The molecule has 0 saturated carbocycles. The van der Waals surface area contributed by atoms with E-state index in [4.69, 9.17) is 29.6 Å². The highest BCUT2D eigenvalue weighted by Gasteiger charge is 2.20. The minimum Gasteiger partial charge on any atom is -0.378 e. The summed E-state index contributed by atoms with van der Waals surface area (Å²) in [5, 5.41) is 10.9. The summed E-state index contributed by atoms with van der Waals surface area (Å²) in [7, 11) is 0. The van der Waals surface area contributed by atoms with Gasteiger partial charge in [0.05, 0.1) is 68.0 Å². The Bertz CT molecular complexity index is 3130. The zero-order chi connectivity index (χ0) is 44.7. The van der Waals surface area contributed by atoms with Crippen molar-refractivity contribution in [3.05, 3.63) is 156 Å². The monoisotopic (exact) mass is 877 g/mol. The van der Waals surface area contributed by atoms with Gasteiger partial charge in [0.25, 0.3) is 0 Å². The number of morpholine rings is 2. The number of rotatable bonds is 11. The first-order valence-electron chi connectivity index (χ1n) is 21.9. The van der Waals surface area contributed by atoms with E-state index in [1.165, 1.54) is 5.39 Å². The van der Waals surface area contributed by atoms with Gasteiger partial charge in [-0.1, -0.05) is 36.4 Å². The van der Waals surface area contributed by atoms with Crippen molar-refractivity contribution in [3.63, 3.8) is 0 Å². The summed E-state index contributed by atoms with van der Waals surface area (Å²) >= 11 is 0. The fourth-order valence-electron chi connectivity index (χ4n) is 8.03. The first kappa shape index (κ1) is 42.0. The van der Waals surface area contributed by atoms with Gasteiger partial charge in [0.15, 0.2) is 17.1 Å². The molecule has 0 bridgehead atoms. The van der Waals surface area contributed by atoms with Crippen LogP contribution in [-0.2, 0) is 22.6 Å². The summed E-state index contributed by atoms with van der Waals surface area (Å²) in [6.07, 6.45) is 10.7. The lowest BCUT2D eigenvalue weighted by molar-refractivity contribution is 0.101. The van der Waals surface area contributed by atoms with Crippen LogP contribution in [0.4, 0.5) is 11.6 Å². The Kier molecular flexibility index (Phi) is 12.4. The van der Waals surface area contributed by atoms with Crippen molar-refractivity contribution in [2.75, 3.05) is 62.4 Å². The third-order valence-electron chi connectivity index (χ3n) is 11.4. The van der Waals surface area contributed by atoms with Gasteiger partial charge in [0, 0.05) is 115 Å². The first-order valence-corrected chi connectivity index (χ1v) is 21.9. The maximum Gasteiger partial charge on any atom is 0.159 e. The predicted octanol–water partition coefficient (Wildman–Crippen LogP) is 7.18. The number of aliphatic imine (C=N–C) groups is 2. The number of fused-ring (bicyclic) bond motifs is 3. The molecule has 2 aliphatic rings. The highest BCUT2D eigenvalue weighted by Crippen LogP contribution is 2.26. The van der Waals surface area contributed by atoms with Crippen molar-refractivity contribution in [3.8, 4) is 22.5 Å². The molecule has 7 aromatic heterocycles. The van der Waals surface area contributed by atoms with Gasteiger partial charge in [-0.15, -0.1) is 0 Å². The topological polar surface area (TPSA) is 169 Å². The molecule has 0 aliphatic carbocycles. The second-order valence-electron chi connectivity index (χ2n) is 15.9. The number of pyridine rings is 2. The highest BCUT2D eigenvalue weighted by molar-refractivity contribution is 5.96. The Morgan fingerprint density at radius 3 is 1.73 bits per heavy atom. The Labute approximate surface area is 380 Å². The minimum atomic E-state index is 0.0401. The average molecular weight is 878 g/mol. The molecule has 66 heavy (non-hydrogen) atoms. The van der Waals surface area contributed by atoms with Crippen LogP contribution in [0.3, 0.4) is 0 Å². The zero-order valence-electron chi connectivity index (χ0n) is 36.4. The van der Waals surface area contributed by atoms with Gasteiger partial charge < -0.3 is 24.3 Å². The number of carbonyl (C=O) groups excluding carboxylic acids is 1. The van der Waals surface area contributed by atoms with Crippen LogP contribution >= 0.6 is 0 Å². The van der Waals surface area contributed by atoms with Crippen molar-refractivity contribution in [1.29, 1.82) is 0 Å². The van der Waals surface area contributed by atoms with Crippen LogP contribution in [0.25, 0.3) is 44.7 Å². The van der Waals surface area contributed by atoms with E-state index in [1.807, 2.05) is 94.1 Å². The summed E-state index contributed by atoms with van der Waals surface area (Å²) in [5.41, 5.74) is 10.7. The lowest BCUT2D eigenvalue weighted by Crippen LogP contribution is -2.37. The molecule has 11 rings (SSSR count). The van der Waals surface area contributed by atoms with E-state index in [0.29, 0.717) is 45.1 Å². The van der Waals surface area contributed by atoms with Crippen LogP contribution in [0, 0.1) is 0 Å². The van der Waals surface area contributed by atoms with E-state index in [9.17, 15) is 4.79 Å². The molecule has 0 atom stereocenters. The first-order chi connectivity index (χ1) is 32.5. The number of hydrogen-bond donors (Lipinski definition) is 1. The lowest BCUT2D eigenvalue weighted by Gasteiger charge is -2.29. The maximum absolute atomic E-state index is 11.6. The van der Waals surface area contributed by atoms with Crippen LogP contribution < -0.4 is 9.80 Å². The summed E-state index contributed by atoms with van der Waals surface area (Å²) in [4.78, 5) is 46.7. The fourth-order valence-corrected chi connectivity index (χ4v) is 8.03. The van der Waals surface area contributed by atoms with Crippen LogP contribution in [0.1, 0.15) is 39.9 Å². The van der Waals surface area contributed by atoms with E-state index < -0.39 is 0 Å². The SMILES string of the molecule is C(=NCc1cc(N2CCOCC2)n2nc(-c3ccncc3)cc2n1)c1cc2ccccc2[nH]1.CC(=O)c1cccc(C=NCc2cc(N3CCOCC3)n3nc(-c4ccncc4)cc3n2)c1. The summed E-state index contributed by atoms with van der Waals surface area (Å²) in [6, 6.07) is 33.7. The smallest absolute Gasteiger partial charge is 0.159 e. The Balaban J connectivity index is 0.000000155. The molecule has 2 saturated heterocycles. The standard InChI is InChI=1S/C25H23N7O.C25H24N6O2/c1-2-4-22-19(3-1)13-20(28-22)16-27-17-21-14-25(31-9-11-33-12-10-31)32-24(29-21)15-23(30-32)18-5-7-26-8-6-18;1-18(32)21-4-2-3-19(13-21)16-27-17-22-14-25(30-9-11-33-12-10-30)31-24(28-22)15-23(29-31)20-5-7-26-8-6-20/h1-8,13-16,28H,9-12,17H2;2-8,13-16H,9-12,17H2,1H3. The summed E-state index contributed by atoms with van der Waals surface area (Å²) in [6.45, 7) is 8.48. The fraction of sp³-hybridized carbons (Fsp3) is 0.220. The number of Topliss-reactive ketones (excluding diaryl/α,β-unsaturated/α-hetero) is 1. The van der Waals surface area contributed by atoms with Gasteiger partial charge in [-0.3, -0.25) is 24.7 Å². The molecule has 1 N–H and O–H groups in total. The third-order valence-corrected chi connectivity index (χ3v) is 11.4. The van der Waals surface area contributed by atoms with E-state index in [2.05, 4.69) is 59.0 Å². The van der Waals surface area contributed by atoms with Crippen molar-refractivity contribution < 1.29 is 14.3 Å². The number of anilines is 2. The molecule has 330 valence electrons. The van der Waals surface area contributed by atoms with Gasteiger partial charge in [0.1, 0.15) is 11.6 Å². The normalized spacial score (nSPS) is 14.4. The zero-order valence-corrected chi connectivity index (χ0v) is 36.4. The number of hydrogen-bond acceptors (Lipinski definition) is 13. The maximum atomic E-state index is 11.6. The summed E-state index contributed by atoms with van der Waals surface area (Å²) < 4.78 is 14.9. The quantitative estimate of drug-likeness (QED) is 0.103. The Morgan fingerprint density at radius 1 is 0.636 bits per heavy atom. The number of benzene rings is 2. The third kappa shape index (κ3) is 9.60. The Morgan fingerprint density at radius 2 is 1.18 bits per heavy atom. The van der Waals surface area contributed by atoms with E-state index >= 15 is 0 Å². The molecular formula is C50H47N13O3. The molecule has 0 spiro atoms. The predicted molar refractivity (Wildman–Crippen MR) is 256 cm³/mol. The molecule has 2 aliphatic heterocycles. The average Bonchev–Trinajstić information content (AvgIpc) is 4.12. The highest BCUT2D eigenvalue weighted by atomic mass is 16.5. The number of para-hydroxylation sites is 1. The van der Waals surface area contributed by atoms with Crippen molar-refractivity contribution in [1.82, 2.24) is 44.1 Å². The number of carbonyl (C=O) groups is 1. The second kappa shape index (κ2) is 19.4. The van der Waals surface area contributed by atoms with Crippen molar-refractivity contribution in [2.24, 2.45) is 9.98 Å². The molecule has 9 heterocycles. The summed E-state index contributed by atoms with van der Waals surface area (Å²) in [5.74, 6) is 2.03. The lowest BCUT2D eigenvalue weighted by atomic mass is 10.1. The number of aromatic amines is 1. The molecule has 16 nitrogen and oxygen atoms in total. The minimum absolute atomic E-state index is 0.0401. The molecule has 0 amide bonds. The molecule has 9 aromatic rings.